The van der Waals surface area contributed by atoms with Gasteiger partial charge in [-0.1, -0.05) is 6.92 Å². The van der Waals surface area contributed by atoms with Crippen molar-refractivity contribution >= 4 is 15.9 Å². The average molecular weight is 286 g/mol. The normalized spacial score (nSPS) is 19.7. The molecule has 1 fully saturated rings. The maximum atomic E-state index is 13.8. The topological polar surface area (TPSA) is 80.5 Å². The van der Waals surface area contributed by atoms with Crippen LogP contribution in [0.2, 0.25) is 0 Å². The second kappa shape index (κ2) is 4.90. The predicted molar refractivity (Wildman–Crippen MR) is 67.5 cm³/mol. The highest BCUT2D eigenvalue weighted by molar-refractivity contribution is 7.89. The van der Waals surface area contributed by atoms with E-state index in [0.717, 1.165) is 18.6 Å². The molecule has 1 amide bonds. The van der Waals surface area contributed by atoms with Gasteiger partial charge in [-0.3, -0.25) is 4.79 Å². The summed E-state index contributed by atoms with van der Waals surface area (Å²) in [7, 11) is -3.96. The minimum atomic E-state index is -3.96. The Bertz CT molecular complexity index is 615. The molecular weight excluding hydrogens is 271 g/mol. The van der Waals surface area contributed by atoms with Crippen molar-refractivity contribution in [3.63, 3.8) is 0 Å². The summed E-state index contributed by atoms with van der Waals surface area (Å²) < 4.78 is 36.0. The second-order valence-electron chi connectivity index (χ2n) is 4.83. The molecule has 1 aromatic rings. The SMILES string of the molecule is CC1CCN(C(=O)c2ccc(S(N)(=O)=O)cc2F)C1. The van der Waals surface area contributed by atoms with E-state index < -0.39 is 21.7 Å². The molecule has 1 aromatic carbocycles. The van der Waals surface area contributed by atoms with Crippen molar-refractivity contribution in [2.75, 3.05) is 13.1 Å². The lowest BCUT2D eigenvalue weighted by molar-refractivity contribution is 0.0783. The van der Waals surface area contributed by atoms with Crippen LogP contribution in [0.15, 0.2) is 23.1 Å². The molecule has 1 aliphatic rings. The molecule has 0 radical (unpaired) electrons. The van der Waals surface area contributed by atoms with Gasteiger partial charge in [-0.15, -0.1) is 0 Å². The number of hydrogen-bond donors (Lipinski definition) is 1. The first-order valence-electron chi connectivity index (χ1n) is 5.90. The van der Waals surface area contributed by atoms with Gasteiger partial charge in [-0.05, 0) is 30.5 Å². The highest BCUT2D eigenvalue weighted by atomic mass is 32.2. The standard InChI is InChI=1S/C12H15FN2O3S/c1-8-4-5-15(7-8)12(16)10-3-2-9(6-11(10)13)19(14,17)18/h2-3,6,8H,4-5,7H2,1H3,(H2,14,17,18). The fraction of sp³-hybridized carbons (Fsp3) is 0.417. The molecule has 1 atom stereocenters. The van der Waals surface area contributed by atoms with Gasteiger partial charge in [0.2, 0.25) is 10.0 Å². The lowest BCUT2D eigenvalue weighted by Gasteiger charge is -2.16. The van der Waals surface area contributed by atoms with E-state index in [9.17, 15) is 17.6 Å². The van der Waals surface area contributed by atoms with Gasteiger partial charge < -0.3 is 4.90 Å². The molecule has 0 bridgehead atoms. The summed E-state index contributed by atoms with van der Waals surface area (Å²) >= 11 is 0. The molecule has 1 heterocycles. The zero-order valence-corrected chi connectivity index (χ0v) is 11.3. The van der Waals surface area contributed by atoms with Gasteiger partial charge in [-0.25, -0.2) is 17.9 Å². The molecule has 7 heteroatoms. The van der Waals surface area contributed by atoms with Gasteiger partial charge in [0.15, 0.2) is 0 Å². The van der Waals surface area contributed by atoms with Crippen molar-refractivity contribution in [1.29, 1.82) is 0 Å². The molecule has 1 aliphatic heterocycles. The number of hydrogen-bond acceptors (Lipinski definition) is 3. The Hall–Kier alpha value is -1.47. The van der Waals surface area contributed by atoms with Crippen LogP contribution in [-0.2, 0) is 10.0 Å². The van der Waals surface area contributed by atoms with Crippen molar-refractivity contribution in [3.8, 4) is 0 Å². The molecule has 0 aromatic heterocycles. The van der Waals surface area contributed by atoms with E-state index in [0.29, 0.717) is 19.0 Å². The second-order valence-corrected chi connectivity index (χ2v) is 6.39. The van der Waals surface area contributed by atoms with Crippen LogP contribution in [-0.4, -0.2) is 32.3 Å². The average Bonchev–Trinajstić information content (AvgIpc) is 2.73. The highest BCUT2D eigenvalue weighted by Gasteiger charge is 2.26. The number of carbonyl (C=O) groups excluding carboxylic acids is 1. The molecule has 104 valence electrons. The quantitative estimate of drug-likeness (QED) is 0.879. The number of nitrogens with two attached hydrogens (primary N) is 1. The number of halogens is 1. The fourth-order valence-corrected chi connectivity index (χ4v) is 2.66. The van der Waals surface area contributed by atoms with Gasteiger partial charge in [0.1, 0.15) is 5.82 Å². The van der Waals surface area contributed by atoms with Gasteiger partial charge in [0.05, 0.1) is 10.5 Å². The molecule has 0 saturated carbocycles. The first kappa shape index (κ1) is 14.0. The Morgan fingerprint density at radius 2 is 2.16 bits per heavy atom. The number of sulfonamides is 1. The third kappa shape index (κ3) is 2.93. The third-order valence-corrected chi connectivity index (χ3v) is 4.12. The largest absolute Gasteiger partial charge is 0.338 e. The Kier molecular flexibility index (Phi) is 3.60. The van der Waals surface area contributed by atoms with Crippen molar-refractivity contribution in [3.05, 3.63) is 29.6 Å². The molecule has 5 nitrogen and oxygen atoms in total. The predicted octanol–water partition coefficient (Wildman–Crippen LogP) is 0.955. The van der Waals surface area contributed by atoms with E-state index in [2.05, 4.69) is 0 Å². The lowest BCUT2D eigenvalue weighted by Crippen LogP contribution is -2.29. The van der Waals surface area contributed by atoms with Gasteiger partial charge >= 0.3 is 0 Å². The number of primary sulfonamides is 1. The highest BCUT2D eigenvalue weighted by Crippen LogP contribution is 2.20. The van der Waals surface area contributed by atoms with Gasteiger partial charge in [0.25, 0.3) is 5.91 Å². The number of rotatable bonds is 2. The Morgan fingerprint density at radius 3 is 2.63 bits per heavy atom. The Balaban J connectivity index is 2.29. The molecule has 2 rings (SSSR count). The van der Waals surface area contributed by atoms with Crippen LogP contribution in [0.1, 0.15) is 23.7 Å². The van der Waals surface area contributed by atoms with Crippen LogP contribution < -0.4 is 5.14 Å². The number of amides is 1. The zero-order chi connectivity index (χ0) is 14.2. The van der Waals surface area contributed by atoms with E-state index in [1.54, 1.807) is 4.90 Å². The third-order valence-electron chi connectivity index (χ3n) is 3.21. The van der Waals surface area contributed by atoms with E-state index in [1.807, 2.05) is 6.92 Å². The summed E-state index contributed by atoms with van der Waals surface area (Å²) in [5, 5.41) is 4.90. The van der Waals surface area contributed by atoms with Crippen LogP contribution in [0.3, 0.4) is 0 Å². The van der Waals surface area contributed by atoms with Crippen LogP contribution in [0.4, 0.5) is 4.39 Å². The molecular formula is C12H15FN2O3S. The van der Waals surface area contributed by atoms with E-state index >= 15 is 0 Å². The zero-order valence-electron chi connectivity index (χ0n) is 10.5. The summed E-state index contributed by atoms with van der Waals surface area (Å²) in [5.41, 5.74) is -0.124. The monoisotopic (exact) mass is 286 g/mol. The van der Waals surface area contributed by atoms with E-state index in [1.165, 1.54) is 6.07 Å². The fourth-order valence-electron chi connectivity index (χ4n) is 2.14. The van der Waals surface area contributed by atoms with Crippen molar-refractivity contribution in [2.24, 2.45) is 11.1 Å². The minimum absolute atomic E-state index is 0.124. The molecule has 1 unspecified atom stereocenters. The number of benzene rings is 1. The summed E-state index contributed by atoms with van der Waals surface area (Å²) in [5.74, 6) is -0.880. The smallest absolute Gasteiger partial charge is 0.256 e. The number of likely N-dealkylation sites (tertiary alicyclic amines) is 1. The van der Waals surface area contributed by atoms with Crippen molar-refractivity contribution in [2.45, 2.75) is 18.2 Å². The molecule has 2 N–H and O–H groups in total. The maximum Gasteiger partial charge on any atom is 0.256 e. The van der Waals surface area contributed by atoms with Gasteiger partial charge in [0, 0.05) is 13.1 Å². The summed E-state index contributed by atoms with van der Waals surface area (Å²) in [6.45, 7) is 3.21. The number of carbonyl (C=O) groups is 1. The van der Waals surface area contributed by atoms with Crippen LogP contribution in [0, 0.1) is 11.7 Å². The van der Waals surface area contributed by atoms with Crippen LogP contribution >= 0.6 is 0 Å². The van der Waals surface area contributed by atoms with E-state index in [4.69, 9.17) is 5.14 Å². The van der Waals surface area contributed by atoms with Gasteiger partial charge in [-0.2, -0.15) is 0 Å². The molecule has 19 heavy (non-hydrogen) atoms. The summed E-state index contributed by atoms with van der Waals surface area (Å²) in [6.07, 6.45) is 0.891. The van der Waals surface area contributed by atoms with Crippen LogP contribution in [0.5, 0.6) is 0 Å². The minimum Gasteiger partial charge on any atom is -0.338 e. The number of nitrogens with zero attached hydrogens (tertiary/aromatic N) is 1. The first-order chi connectivity index (χ1) is 8.79. The summed E-state index contributed by atoms with van der Waals surface area (Å²) in [4.78, 5) is 13.3. The van der Waals surface area contributed by atoms with Crippen LogP contribution in [0.25, 0.3) is 0 Å². The Labute approximate surface area is 111 Å². The lowest BCUT2D eigenvalue weighted by atomic mass is 10.1. The Morgan fingerprint density at radius 1 is 1.47 bits per heavy atom. The molecule has 0 spiro atoms. The molecule has 1 saturated heterocycles. The maximum absolute atomic E-state index is 13.8. The van der Waals surface area contributed by atoms with Crippen molar-refractivity contribution in [1.82, 2.24) is 4.90 Å². The van der Waals surface area contributed by atoms with Crippen molar-refractivity contribution < 1.29 is 17.6 Å². The van der Waals surface area contributed by atoms with E-state index in [-0.39, 0.29) is 10.5 Å². The first-order valence-corrected chi connectivity index (χ1v) is 7.45. The summed E-state index contributed by atoms with van der Waals surface area (Å²) in [6, 6.07) is 3.09. The molecule has 0 aliphatic carbocycles.